The highest BCUT2D eigenvalue weighted by atomic mass is 32.2. The van der Waals surface area contributed by atoms with E-state index in [4.69, 9.17) is 0 Å². The molecule has 5 nitrogen and oxygen atoms in total. The zero-order chi connectivity index (χ0) is 21.2. The highest BCUT2D eigenvalue weighted by Crippen LogP contribution is 2.30. The SMILES string of the molecule is CN(C)S(=O)(=O)N1CCC[C@H](c2cccc(Cc3ccc(C(F)(F)F)cc3)n2)C1. The molecule has 2 heterocycles. The maximum atomic E-state index is 12.7. The summed E-state index contributed by atoms with van der Waals surface area (Å²) < 4.78 is 65.7. The third kappa shape index (κ3) is 5.15. The van der Waals surface area contributed by atoms with Crippen molar-refractivity contribution in [1.29, 1.82) is 0 Å². The van der Waals surface area contributed by atoms with Gasteiger partial charge in [0.1, 0.15) is 0 Å². The van der Waals surface area contributed by atoms with Crippen molar-refractivity contribution in [2.45, 2.75) is 31.4 Å². The number of pyridine rings is 1. The number of alkyl halides is 3. The summed E-state index contributed by atoms with van der Waals surface area (Å²) in [7, 11) is -0.437. The van der Waals surface area contributed by atoms with E-state index in [1.54, 1.807) is 0 Å². The van der Waals surface area contributed by atoms with Crippen LogP contribution in [0.5, 0.6) is 0 Å². The predicted octanol–water partition coefficient (Wildman–Crippen LogP) is 3.68. The van der Waals surface area contributed by atoms with Gasteiger partial charge in [-0.25, -0.2) is 0 Å². The normalized spacial score (nSPS) is 18.9. The summed E-state index contributed by atoms with van der Waals surface area (Å²) in [6, 6.07) is 10.6. The van der Waals surface area contributed by atoms with E-state index in [9.17, 15) is 21.6 Å². The predicted molar refractivity (Wildman–Crippen MR) is 105 cm³/mol. The lowest BCUT2D eigenvalue weighted by Gasteiger charge is -2.33. The molecule has 1 aliphatic rings. The van der Waals surface area contributed by atoms with Crippen LogP contribution in [-0.2, 0) is 22.8 Å². The Morgan fingerprint density at radius 3 is 2.45 bits per heavy atom. The molecule has 0 bridgehead atoms. The Kier molecular flexibility index (Phi) is 6.30. The Morgan fingerprint density at radius 1 is 1.14 bits per heavy atom. The Labute approximate surface area is 169 Å². The number of piperidine rings is 1. The average molecular weight is 427 g/mol. The van der Waals surface area contributed by atoms with E-state index in [0.717, 1.165) is 41.9 Å². The minimum Gasteiger partial charge on any atom is -0.257 e. The summed E-state index contributed by atoms with van der Waals surface area (Å²) in [5, 5.41) is 0. The van der Waals surface area contributed by atoms with Gasteiger partial charge in [-0.2, -0.15) is 30.2 Å². The Balaban J connectivity index is 1.74. The molecular weight excluding hydrogens is 403 g/mol. The molecule has 1 aromatic heterocycles. The molecule has 1 saturated heterocycles. The molecule has 0 radical (unpaired) electrons. The van der Waals surface area contributed by atoms with Gasteiger partial charge in [-0.05, 0) is 42.7 Å². The Bertz CT molecular complexity index is 944. The lowest BCUT2D eigenvalue weighted by molar-refractivity contribution is -0.137. The maximum Gasteiger partial charge on any atom is 0.416 e. The van der Waals surface area contributed by atoms with E-state index < -0.39 is 21.9 Å². The van der Waals surface area contributed by atoms with E-state index in [1.165, 1.54) is 34.8 Å². The first kappa shape index (κ1) is 21.7. The largest absolute Gasteiger partial charge is 0.416 e. The van der Waals surface area contributed by atoms with Crippen molar-refractivity contribution in [3.05, 3.63) is 65.0 Å². The Hall–Kier alpha value is -1.97. The van der Waals surface area contributed by atoms with Gasteiger partial charge in [0, 0.05) is 50.9 Å². The first-order chi connectivity index (χ1) is 13.6. The highest BCUT2D eigenvalue weighted by Gasteiger charge is 2.32. The van der Waals surface area contributed by atoms with Crippen LogP contribution in [-0.4, -0.2) is 49.2 Å². The average Bonchev–Trinajstić information content (AvgIpc) is 2.68. The summed E-state index contributed by atoms with van der Waals surface area (Å²) in [6.07, 6.45) is -2.34. The van der Waals surface area contributed by atoms with Gasteiger partial charge < -0.3 is 0 Å². The van der Waals surface area contributed by atoms with Gasteiger partial charge >= 0.3 is 6.18 Å². The number of benzene rings is 1. The van der Waals surface area contributed by atoms with Crippen LogP contribution in [0.4, 0.5) is 13.2 Å². The number of hydrogen-bond donors (Lipinski definition) is 0. The van der Waals surface area contributed by atoms with Gasteiger partial charge in [0.2, 0.25) is 0 Å². The molecule has 0 saturated carbocycles. The van der Waals surface area contributed by atoms with E-state index in [0.29, 0.717) is 19.5 Å². The molecule has 2 aromatic rings. The molecule has 158 valence electrons. The fourth-order valence-corrected chi connectivity index (χ4v) is 4.66. The first-order valence-electron chi connectivity index (χ1n) is 9.37. The van der Waals surface area contributed by atoms with Gasteiger partial charge in [0.05, 0.1) is 5.56 Å². The van der Waals surface area contributed by atoms with E-state index in [-0.39, 0.29) is 5.92 Å². The molecule has 1 aromatic carbocycles. The molecule has 0 N–H and O–H groups in total. The highest BCUT2D eigenvalue weighted by molar-refractivity contribution is 7.86. The molecule has 29 heavy (non-hydrogen) atoms. The first-order valence-corrected chi connectivity index (χ1v) is 10.8. The fraction of sp³-hybridized carbons (Fsp3) is 0.450. The minimum atomic E-state index is -4.35. The second kappa shape index (κ2) is 8.41. The molecule has 1 fully saturated rings. The van der Waals surface area contributed by atoms with Crippen LogP contribution < -0.4 is 0 Å². The maximum absolute atomic E-state index is 12.7. The summed E-state index contributed by atoms with van der Waals surface area (Å²) in [6.45, 7) is 0.861. The quantitative estimate of drug-likeness (QED) is 0.732. The molecule has 3 rings (SSSR count). The third-order valence-corrected chi connectivity index (χ3v) is 6.99. The smallest absolute Gasteiger partial charge is 0.257 e. The fourth-order valence-electron chi connectivity index (χ4n) is 3.47. The van der Waals surface area contributed by atoms with Crippen molar-refractivity contribution in [1.82, 2.24) is 13.6 Å². The molecule has 1 aliphatic heterocycles. The van der Waals surface area contributed by atoms with E-state index >= 15 is 0 Å². The summed E-state index contributed by atoms with van der Waals surface area (Å²) in [5.74, 6) is -0.00831. The second-order valence-electron chi connectivity index (χ2n) is 7.41. The van der Waals surface area contributed by atoms with Crippen LogP contribution in [0.1, 0.15) is 41.3 Å². The number of hydrogen-bond acceptors (Lipinski definition) is 3. The topological polar surface area (TPSA) is 53.5 Å². The minimum absolute atomic E-state index is 0.00831. The van der Waals surface area contributed by atoms with Crippen molar-refractivity contribution in [2.24, 2.45) is 0 Å². The van der Waals surface area contributed by atoms with Gasteiger partial charge in [0.25, 0.3) is 10.2 Å². The number of aromatic nitrogens is 1. The molecule has 1 atom stereocenters. The summed E-state index contributed by atoms with van der Waals surface area (Å²) in [4.78, 5) is 4.67. The van der Waals surface area contributed by atoms with Crippen LogP contribution in [0.15, 0.2) is 42.5 Å². The van der Waals surface area contributed by atoms with Gasteiger partial charge in [0.15, 0.2) is 0 Å². The van der Waals surface area contributed by atoms with Crippen molar-refractivity contribution in [3.8, 4) is 0 Å². The van der Waals surface area contributed by atoms with Gasteiger partial charge in [-0.15, -0.1) is 0 Å². The third-order valence-electron chi connectivity index (χ3n) is 5.08. The van der Waals surface area contributed by atoms with Crippen molar-refractivity contribution < 1.29 is 21.6 Å². The van der Waals surface area contributed by atoms with Crippen molar-refractivity contribution in [2.75, 3.05) is 27.2 Å². The van der Waals surface area contributed by atoms with E-state index in [1.807, 2.05) is 18.2 Å². The summed E-state index contributed by atoms with van der Waals surface area (Å²) in [5.41, 5.74) is 1.62. The molecular formula is C20H24F3N3O2S. The lowest BCUT2D eigenvalue weighted by Crippen LogP contribution is -2.45. The van der Waals surface area contributed by atoms with Crippen LogP contribution in [0.25, 0.3) is 0 Å². The zero-order valence-corrected chi connectivity index (χ0v) is 17.2. The second-order valence-corrected chi connectivity index (χ2v) is 9.55. The molecule has 0 amide bonds. The van der Waals surface area contributed by atoms with Crippen LogP contribution in [0, 0.1) is 0 Å². The Morgan fingerprint density at radius 2 is 1.83 bits per heavy atom. The molecule has 0 aliphatic carbocycles. The van der Waals surface area contributed by atoms with Crippen LogP contribution in [0.2, 0.25) is 0 Å². The monoisotopic (exact) mass is 427 g/mol. The number of rotatable bonds is 5. The zero-order valence-electron chi connectivity index (χ0n) is 16.4. The van der Waals surface area contributed by atoms with Crippen molar-refractivity contribution >= 4 is 10.2 Å². The summed E-state index contributed by atoms with van der Waals surface area (Å²) >= 11 is 0. The number of halogens is 3. The lowest BCUT2D eigenvalue weighted by atomic mass is 9.95. The standard InChI is InChI=1S/C20H24F3N3O2S/c1-25(2)29(27,28)26-12-4-5-16(14-26)19-7-3-6-18(24-19)13-15-8-10-17(11-9-15)20(21,22)23/h3,6-11,16H,4-5,12-14H2,1-2H3/t16-/m0/s1. The van der Waals surface area contributed by atoms with Crippen LogP contribution >= 0.6 is 0 Å². The van der Waals surface area contributed by atoms with Crippen molar-refractivity contribution in [3.63, 3.8) is 0 Å². The molecule has 0 spiro atoms. The van der Waals surface area contributed by atoms with E-state index in [2.05, 4.69) is 4.98 Å². The van der Waals surface area contributed by atoms with Crippen LogP contribution in [0.3, 0.4) is 0 Å². The molecule has 0 unspecified atom stereocenters. The van der Waals surface area contributed by atoms with Gasteiger partial charge in [-0.1, -0.05) is 18.2 Å². The molecule has 9 heteroatoms. The number of nitrogens with zero attached hydrogens (tertiary/aromatic N) is 3. The van der Waals surface area contributed by atoms with Gasteiger partial charge in [-0.3, -0.25) is 4.98 Å².